The molecule has 1 N–H and O–H groups in total. The number of imidazole rings is 1. The van der Waals surface area contributed by atoms with Gasteiger partial charge in [0.2, 0.25) is 11.6 Å². The second-order valence-electron chi connectivity index (χ2n) is 5.50. The predicted molar refractivity (Wildman–Crippen MR) is 93.0 cm³/mol. The molecule has 0 amide bonds. The van der Waals surface area contributed by atoms with E-state index in [4.69, 9.17) is 0 Å². The Bertz CT molecular complexity index is 1180. The molecule has 0 saturated carbocycles. The molecule has 0 unspecified atom stereocenters. The maximum absolute atomic E-state index is 13.9. The largest absolute Gasteiger partial charge is 0.354 e. The first kappa shape index (κ1) is 16.5. The van der Waals surface area contributed by atoms with Gasteiger partial charge in [-0.15, -0.1) is 0 Å². The highest BCUT2D eigenvalue weighted by Gasteiger charge is 2.26. The lowest BCUT2D eigenvalue weighted by Gasteiger charge is -2.10. The van der Waals surface area contributed by atoms with Crippen LogP contribution in [0.3, 0.4) is 0 Å². The maximum Gasteiger partial charge on any atom is 0.354 e. The van der Waals surface area contributed by atoms with Crippen molar-refractivity contribution in [3.8, 4) is 5.82 Å². The van der Waals surface area contributed by atoms with Gasteiger partial charge in [0.15, 0.2) is 0 Å². The van der Waals surface area contributed by atoms with E-state index in [1.54, 1.807) is 24.3 Å². The van der Waals surface area contributed by atoms with Crippen molar-refractivity contribution >= 4 is 28.2 Å². The summed E-state index contributed by atoms with van der Waals surface area (Å²) in [6.07, 6.45) is 2.49. The third-order valence-corrected chi connectivity index (χ3v) is 3.85. The SMILES string of the molecule is O=[N+]([O-])c1c(Nc2cc(F)ccc2F)ncnc1-n1cnc2ccccc21. The van der Waals surface area contributed by atoms with Crippen molar-refractivity contribution in [1.29, 1.82) is 0 Å². The van der Waals surface area contributed by atoms with Crippen LogP contribution >= 0.6 is 0 Å². The molecule has 0 aliphatic rings. The number of halogens is 2. The lowest BCUT2D eigenvalue weighted by atomic mass is 10.3. The molecule has 134 valence electrons. The number of hydrogen-bond donors (Lipinski definition) is 1. The summed E-state index contributed by atoms with van der Waals surface area (Å²) in [5.74, 6) is -1.80. The molecule has 0 spiro atoms. The predicted octanol–water partition coefficient (Wildman–Crippen LogP) is 3.75. The average molecular weight is 368 g/mol. The Kier molecular flexibility index (Phi) is 3.92. The lowest BCUT2D eigenvalue weighted by Crippen LogP contribution is -2.08. The normalized spacial score (nSPS) is 10.9. The third-order valence-electron chi connectivity index (χ3n) is 3.85. The second kappa shape index (κ2) is 6.41. The summed E-state index contributed by atoms with van der Waals surface area (Å²) in [5.41, 5.74) is 0.445. The van der Waals surface area contributed by atoms with Crippen molar-refractivity contribution in [3.05, 3.63) is 76.9 Å². The molecule has 0 aliphatic heterocycles. The molecule has 0 radical (unpaired) electrons. The van der Waals surface area contributed by atoms with Gasteiger partial charge in [-0.2, -0.15) is 0 Å². The van der Waals surface area contributed by atoms with Crippen LogP contribution in [0.2, 0.25) is 0 Å². The van der Waals surface area contributed by atoms with Crippen LogP contribution in [0.15, 0.2) is 55.1 Å². The van der Waals surface area contributed by atoms with Gasteiger partial charge in [0.1, 0.15) is 24.3 Å². The fourth-order valence-corrected chi connectivity index (χ4v) is 2.65. The molecule has 0 aliphatic carbocycles. The molecular weight excluding hydrogens is 358 g/mol. The van der Waals surface area contributed by atoms with Crippen molar-refractivity contribution < 1.29 is 13.7 Å². The number of fused-ring (bicyclic) bond motifs is 1. The van der Waals surface area contributed by atoms with Gasteiger partial charge < -0.3 is 5.32 Å². The Morgan fingerprint density at radius 2 is 1.89 bits per heavy atom. The van der Waals surface area contributed by atoms with Gasteiger partial charge in [0, 0.05) is 6.07 Å². The molecular formula is C17H10F2N6O2. The van der Waals surface area contributed by atoms with Crippen LogP contribution < -0.4 is 5.32 Å². The number of rotatable bonds is 4. The monoisotopic (exact) mass is 368 g/mol. The van der Waals surface area contributed by atoms with Gasteiger partial charge >= 0.3 is 5.69 Å². The summed E-state index contributed by atoms with van der Waals surface area (Å²) in [5, 5.41) is 14.2. The van der Waals surface area contributed by atoms with E-state index in [1.807, 2.05) is 0 Å². The highest BCUT2D eigenvalue weighted by atomic mass is 19.1. The van der Waals surface area contributed by atoms with Crippen LogP contribution in [-0.4, -0.2) is 24.4 Å². The minimum Gasteiger partial charge on any atom is -0.332 e. The van der Waals surface area contributed by atoms with Crippen molar-refractivity contribution in [2.24, 2.45) is 0 Å². The molecule has 10 heteroatoms. The highest BCUT2D eigenvalue weighted by molar-refractivity contribution is 5.79. The summed E-state index contributed by atoms with van der Waals surface area (Å²) in [6, 6.07) is 9.76. The van der Waals surface area contributed by atoms with Gasteiger partial charge in [-0.25, -0.2) is 23.7 Å². The Balaban J connectivity index is 1.88. The van der Waals surface area contributed by atoms with Crippen molar-refractivity contribution in [3.63, 3.8) is 0 Å². The molecule has 0 saturated heterocycles. The molecule has 2 heterocycles. The minimum absolute atomic E-state index is 0.0528. The number of nitro groups is 1. The van der Waals surface area contributed by atoms with E-state index in [1.165, 1.54) is 10.9 Å². The van der Waals surface area contributed by atoms with Crippen LogP contribution in [0.1, 0.15) is 0 Å². The van der Waals surface area contributed by atoms with E-state index in [0.29, 0.717) is 11.0 Å². The van der Waals surface area contributed by atoms with Crippen molar-refractivity contribution in [1.82, 2.24) is 19.5 Å². The Morgan fingerprint density at radius 3 is 2.70 bits per heavy atom. The summed E-state index contributed by atoms with van der Waals surface area (Å²) < 4.78 is 28.7. The van der Waals surface area contributed by atoms with Crippen LogP contribution in [0, 0.1) is 21.7 Å². The zero-order chi connectivity index (χ0) is 19.0. The van der Waals surface area contributed by atoms with E-state index in [0.717, 1.165) is 24.5 Å². The highest BCUT2D eigenvalue weighted by Crippen LogP contribution is 2.32. The zero-order valence-corrected chi connectivity index (χ0v) is 13.5. The van der Waals surface area contributed by atoms with Gasteiger partial charge in [-0.3, -0.25) is 14.7 Å². The van der Waals surface area contributed by atoms with Gasteiger partial charge in [-0.05, 0) is 24.3 Å². The number of para-hydroxylation sites is 2. The summed E-state index contributed by atoms with van der Waals surface area (Å²) in [4.78, 5) is 23.0. The summed E-state index contributed by atoms with van der Waals surface area (Å²) in [7, 11) is 0. The van der Waals surface area contributed by atoms with Crippen molar-refractivity contribution in [2.75, 3.05) is 5.32 Å². The zero-order valence-electron chi connectivity index (χ0n) is 13.5. The quantitative estimate of drug-likeness (QED) is 0.435. The molecule has 2 aromatic carbocycles. The first-order chi connectivity index (χ1) is 13.0. The molecule has 4 aromatic rings. The number of aromatic nitrogens is 4. The molecule has 8 nitrogen and oxygen atoms in total. The van der Waals surface area contributed by atoms with Crippen LogP contribution in [0.25, 0.3) is 16.9 Å². The van der Waals surface area contributed by atoms with E-state index in [2.05, 4.69) is 20.3 Å². The van der Waals surface area contributed by atoms with Crippen LogP contribution in [0.4, 0.5) is 26.0 Å². The van der Waals surface area contributed by atoms with Gasteiger partial charge in [0.05, 0.1) is 21.6 Å². The lowest BCUT2D eigenvalue weighted by molar-refractivity contribution is -0.384. The van der Waals surface area contributed by atoms with Gasteiger partial charge in [-0.1, -0.05) is 12.1 Å². The number of nitrogens with one attached hydrogen (secondary N) is 1. The van der Waals surface area contributed by atoms with E-state index in [-0.39, 0.29) is 17.3 Å². The maximum atomic E-state index is 13.9. The molecule has 27 heavy (non-hydrogen) atoms. The summed E-state index contributed by atoms with van der Waals surface area (Å²) in [6.45, 7) is 0. The average Bonchev–Trinajstić information content (AvgIpc) is 3.08. The smallest absolute Gasteiger partial charge is 0.332 e. The second-order valence-corrected chi connectivity index (χ2v) is 5.50. The number of anilines is 2. The van der Waals surface area contributed by atoms with E-state index < -0.39 is 22.2 Å². The molecule has 4 rings (SSSR count). The standard InChI is InChI=1S/C17H10F2N6O2/c18-10-5-6-11(19)13(7-10)23-16-15(25(26)27)17(21-8-20-16)24-9-22-12-3-1-2-4-14(12)24/h1-9H,(H,20,21,23). The number of benzene rings is 2. The first-order valence-electron chi connectivity index (χ1n) is 7.68. The summed E-state index contributed by atoms with van der Waals surface area (Å²) >= 11 is 0. The fraction of sp³-hybridized carbons (Fsp3) is 0. The Morgan fingerprint density at radius 1 is 1.07 bits per heavy atom. The topological polar surface area (TPSA) is 98.8 Å². The minimum atomic E-state index is -0.779. The Hall–Kier alpha value is -3.95. The molecule has 2 aromatic heterocycles. The van der Waals surface area contributed by atoms with Crippen LogP contribution in [-0.2, 0) is 0 Å². The Labute approximate surface area is 150 Å². The molecule has 0 atom stereocenters. The first-order valence-corrected chi connectivity index (χ1v) is 7.68. The molecule has 0 bridgehead atoms. The fourth-order valence-electron chi connectivity index (χ4n) is 2.65. The third kappa shape index (κ3) is 2.92. The van der Waals surface area contributed by atoms with Gasteiger partial charge in [0.25, 0.3) is 0 Å². The number of nitrogens with zero attached hydrogens (tertiary/aromatic N) is 5. The molecule has 0 fully saturated rings. The van der Waals surface area contributed by atoms with E-state index >= 15 is 0 Å². The van der Waals surface area contributed by atoms with Crippen molar-refractivity contribution in [2.45, 2.75) is 0 Å². The van der Waals surface area contributed by atoms with E-state index in [9.17, 15) is 18.9 Å². The number of hydrogen-bond acceptors (Lipinski definition) is 6. The van der Waals surface area contributed by atoms with Crippen LogP contribution in [0.5, 0.6) is 0 Å².